The molecule has 0 spiro atoms. The summed E-state index contributed by atoms with van der Waals surface area (Å²) in [5.74, 6) is -0.376. The summed E-state index contributed by atoms with van der Waals surface area (Å²) in [6.07, 6.45) is 2.75. The van der Waals surface area contributed by atoms with Crippen molar-refractivity contribution in [3.05, 3.63) is 29.2 Å². The van der Waals surface area contributed by atoms with Crippen LogP contribution in [0, 0.1) is 5.82 Å². The van der Waals surface area contributed by atoms with Crippen molar-refractivity contribution in [2.75, 3.05) is 20.3 Å². The van der Waals surface area contributed by atoms with Gasteiger partial charge in [0, 0.05) is 32.0 Å². The number of pyridine rings is 1. The lowest BCUT2D eigenvalue weighted by molar-refractivity contribution is 0.199. The van der Waals surface area contributed by atoms with E-state index in [0.29, 0.717) is 24.4 Å². The third-order valence-electron chi connectivity index (χ3n) is 2.30. The maximum Gasteiger partial charge on any atom is 0.142 e. The van der Waals surface area contributed by atoms with Gasteiger partial charge in [-0.25, -0.2) is 4.39 Å². The van der Waals surface area contributed by atoms with Crippen molar-refractivity contribution in [2.24, 2.45) is 0 Å². The minimum Gasteiger partial charge on any atom is -0.383 e. The summed E-state index contributed by atoms with van der Waals surface area (Å²) >= 11 is 1.29. The van der Waals surface area contributed by atoms with Crippen LogP contribution in [0.5, 0.6) is 0 Å². The number of halogens is 1. The van der Waals surface area contributed by atoms with Gasteiger partial charge in [0.1, 0.15) is 11.5 Å². The van der Waals surface area contributed by atoms with Crippen LogP contribution in [0.15, 0.2) is 18.5 Å². The van der Waals surface area contributed by atoms with Crippen LogP contribution in [0.3, 0.4) is 0 Å². The average Bonchev–Trinajstić information content (AvgIpc) is 2.83. The highest BCUT2D eigenvalue weighted by atomic mass is 32.1. The van der Waals surface area contributed by atoms with Gasteiger partial charge >= 0.3 is 0 Å². The molecular weight excluding hydrogens is 255 g/mol. The summed E-state index contributed by atoms with van der Waals surface area (Å²) in [7, 11) is 1.65. The molecule has 0 saturated carbocycles. The summed E-state index contributed by atoms with van der Waals surface area (Å²) in [5, 5.41) is 7.22. The van der Waals surface area contributed by atoms with Gasteiger partial charge in [-0.15, -0.1) is 5.10 Å². The lowest BCUT2D eigenvalue weighted by Gasteiger charge is -2.03. The largest absolute Gasteiger partial charge is 0.383 e. The molecule has 1 N–H and O–H groups in total. The second kappa shape index (κ2) is 6.48. The first-order valence-corrected chi connectivity index (χ1v) is 6.20. The van der Waals surface area contributed by atoms with Crippen LogP contribution in [0.2, 0.25) is 0 Å². The van der Waals surface area contributed by atoms with Gasteiger partial charge in [-0.2, -0.15) is 0 Å². The molecule has 0 aliphatic rings. The van der Waals surface area contributed by atoms with Crippen LogP contribution in [-0.2, 0) is 11.3 Å². The molecule has 0 bridgehead atoms. The highest BCUT2D eigenvalue weighted by Gasteiger charge is 2.11. The van der Waals surface area contributed by atoms with E-state index in [-0.39, 0.29) is 5.82 Å². The number of rotatable bonds is 6. The minimum atomic E-state index is -0.376. The summed E-state index contributed by atoms with van der Waals surface area (Å²) in [5.41, 5.74) is 1.32. The molecule has 0 saturated heterocycles. The Bertz CT molecular complexity index is 505. The molecular formula is C11H13FN4OS. The Morgan fingerprint density at radius 3 is 3.11 bits per heavy atom. The van der Waals surface area contributed by atoms with E-state index >= 15 is 0 Å². The monoisotopic (exact) mass is 268 g/mol. The molecule has 0 radical (unpaired) electrons. The summed E-state index contributed by atoms with van der Waals surface area (Å²) < 4.78 is 21.9. The first kappa shape index (κ1) is 13.0. The van der Waals surface area contributed by atoms with Crippen LogP contribution in [0.25, 0.3) is 11.3 Å². The van der Waals surface area contributed by atoms with Crippen molar-refractivity contribution in [2.45, 2.75) is 6.54 Å². The van der Waals surface area contributed by atoms with E-state index in [1.54, 1.807) is 13.3 Å². The molecule has 0 atom stereocenters. The number of methoxy groups -OCH3 is 1. The first-order chi connectivity index (χ1) is 8.81. The van der Waals surface area contributed by atoms with Gasteiger partial charge in [-0.3, -0.25) is 4.98 Å². The predicted octanol–water partition coefficient (Wildman–Crippen LogP) is 1.48. The van der Waals surface area contributed by atoms with Gasteiger partial charge in [0.05, 0.1) is 17.7 Å². The maximum absolute atomic E-state index is 13.1. The minimum absolute atomic E-state index is 0.376. The van der Waals surface area contributed by atoms with Crippen molar-refractivity contribution >= 4 is 11.5 Å². The average molecular weight is 268 g/mol. The highest BCUT2D eigenvalue weighted by Crippen LogP contribution is 2.23. The SMILES string of the molecule is COCCNCc1snnc1-c1cncc(F)c1. The maximum atomic E-state index is 13.1. The van der Waals surface area contributed by atoms with E-state index in [0.717, 1.165) is 11.4 Å². The van der Waals surface area contributed by atoms with Crippen LogP contribution in [0.1, 0.15) is 4.88 Å². The number of hydrogen-bond donors (Lipinski definition) is 1. The van der Waals surface area contributed by atoms with Gasteiger partial charge < -0.3 is 10.1 Å². The van der Waals surface area contributed by atoms with E-state index in [1.807, 2.05) is 0 Å². The van der Waals surface area contributed by atoms with E-state index < -0.39 is 0 Å². The normalized spacial score (nSPS) is 10.8. The fourth-order valence-electron chi connectivity index (χ4n) is 1.46. The second-order valence-electron chi connectivity index (χ2n) is 3.61. The lowest BCUT2D eigenvalue weighted by Crippen LogP contribution is -2.18. The summed E-state index contributed by atoms with van der Waals surface area (Å²) in [6.45, 7) is 2.02. The molecule has 7 heteroatoms. The Balaban J connectivity index is 2.08. The molecule has 0 unspecified atom stereocenters. The van der Waals surface area contributed by atoms with Gasteiger partial charge in [0.25, 0.3) is 0 Å². The Morgan fingerprint density at radius 2 is 2.33 bits per heavy atom. The van der Waals surface area contributed by atoms with E-state index in [1.165, 1.54) is 23.8 Å². The van der Waals surface area contributed by atoms with Crippen molar-refractivity contribution in [1.82, 2.24) is 19.9 Å². The van der Waals surface area contributed by atoms with Gasteiger partial charge in [0.2, 0.25) is 0 Å². The second-order valence-corrected chi connectivity index (χ2v) is 4.44. The Morgan fingerprint density at radius 1 is 1.44 bits per heavy atom. The molecule has 2 heterocycles. The van der Waals surface area contributed by atoms with E-state index in [4.69, 9.17) is 4.74 Å². The zero-order chi connectivity index (χ0) is 12.8. The molecule has 5 nitrogen and oxygen atoms in total. The number of nitrogens with one attached hydrogen (secondary N) is 1. The third-order valence-corrected chi connectivity index (χ3v) is 3.02. The van der Waals surface area contributed by atoms with Gasteiger partial charge in [0.15, 0.2) is 0 Å². The fourth-order valence-corrected chi connectivity index (χ4v) is 2.09. The van der Waals surface area contributed by atoms with Crippen molar-refractivity contribution in [3.63, 3.8) is 0 Å². The standard InChI is InChI=1S/C11H13FN4OS/c1-17-3-2-13-7-10-11(15-16-18-10)8-4-9(12)6-14-5-8/h4-6,13H,2-3,7H2,1H3. The van der Waals surface area contributed by atoms with Crippen molar-refractivity contribution in [3.8, 4) is 11.3 Å². The quantitative estimate of drug-likeness (QED) is 0.804. The number of aromatic nitrogens is 3. The number of hydrogen-bond acceptors (Lipinski definition) is 6. The van der Waals surface area contributed by atoms with Crippen molar-refractivity contribution < 1.29 is 9.13 Å². The Hall–Kier alpha value is -1.44. The van der Waals surface area contributed by atoms with Gasteiger partial charge in [-0.05, 0) is 17.6 Å². The molecule has 0 amide bonds. The Labute approximate surface area is 108 Å². The fraction of sp³-hybridized carbons (Fsp3) is 0.364. The molecule has 2 aromatic rings. The molecule has 0 aromatic carbocycles. The smallest absolute Gasteiger partial charge is 0.142 e. The summed E-state index contributed by atoms with van der Waals surface area (Å²) in [4.78, 5) is 4.77. The van der Waals surface area contributed by atoms with Crippen LogP contribution < -0.4 is 5.32 Å². The molecule has 2 aromatic heterocycles. The topological polar surface area (TPSA) is 59.9 Å². The predicted molar refractivity (Wildman–Crippen MR) is 66.7 cm³/mol. The molecule has 0 aliphatic heterocycles. The highest BCUT2D eigenvalue weighted by molar-refractivity contribution is 7.05. The number of nitrogens with zero attached hydrogens (tertiary/aromatic N) is 3. The zero-order valence-corrected chi connectivity index (χ0v) is 10.7. The summed E-state index contributed by atoms with van der Waals surface area (Å²) in [6, 6.07) is 1.41. The molecule has 96 valence electrons. The number of ether oxygens (including phenoxy) is 1. The molecule has 18 heavy (non-hydrogen) atoms. The van der Waals surface area contributed by atoms with Crippen molar-refractivity contribution in [1.29, 1.82) is 0 Å². The lowest BCUT2D eigenvalue weighted by atomic mass is 10.2. The molecule has 0 fully saturated rings. The molecule has 2 rings (SSSR count). The van der Waals surface area contributed by atoms with Crippen LogP contribution in [-0.4, -0.2) is 34.8 Å². The first-order valence-electron chi connectivity index (χ1n) is 5.43. The Kier molecular flexibility index (Phi) is 4.68. The third kappa shape index (κ3) is 3.28. The van der Waals surface area contributed by atoms with Crippen LogP contribution in [0.4, 0.5) is 4.39 Å². The molecule has 0 aliphatic carbocycles. The van der Waals surface area contributed by atoms with E-state index in [9.17, 15) is 4.39 Å². The van der Waals surface area contributed by atoms with E-state index in [2.05, 4.69) is 19.9 Å². The van der Waals surface area contributed by atoms with Crippen LogP contribution >= 0.6 is 11.5 Å². The zero-order valence-electron chi connectivity index (χ0n) is 9.89. The van der Waals surface area contributed by atoms with Gasteiger partial charge in [-0.1, -0.05) is 4.49 Å².